The summed E-state index contributed by atoms with van der Waals surface area (Å²) in [6.45, 7) is 4.22. The highest BCUT2D eigenvalue weighted by Crippen LogP contribution is 2.44. The molecule has 1 saturated heterocycles. The van der Waals surface area contributed by atoms with Crippen LogP contribution in [0.3, 0.4) is 0 Å². The first kappa shape index (κ1) is 24.9. The van der Waals surface area contributed by atoms with Crippen LogP contribution in [0.15, 0.2) is 42.5 Å². The van der Waals surface area contributed by atoms with E-state index in [1.165, 1.54) is 17.0 Å². The Morgan fingerprint density at radius 3 is 2.49 bits per heavy atom. The number of hydrogen-bond acceptors (Lipinski definition) is 6. The Bertz CT molecular complexity index is 1390. The summed E-state index contributed by atoms with van der Waals surface area (Å²) in [6, 6.07) is 8.86. The third kappa shape index (κ3) is 4.26. The first-order valence-corrected chi connectivity index (χ1v) is 11.8. The zero-order valence-electron chi connectivity index (χ0n) is 20.5. The molecule has 3 N–H and O–H groups in total. The Labute approximate surface area is 211 Å². The van der Waals surface area contributed by atoms with Crippen LogP contribution in [0.5, 0.6) is 0 Å². The molecule has 0 aliphatic carbocycles. The normalized spacial score (nSPS) is 17.9. The van der Waals surface area contributed by atoms with E-state index in [-0.39, 0.29) is 23.8 Å². The van der Waals surface area contributed by atoms with Gasteiger partial charge in [-0.25, -0.2) is 14.4 Å². The average Bonchev–Trinajstić information content (AvgIpc) is 2.80. The van der Waals surface area contributed by atoms with E-state index in [1.54, 1.807) is 32.0 Å². The van der Waals surface area contributed by atoms with Crippen molar-refractivity contribution >= 4 is 23.1 Å². The standard InChI is InChI=1S/C26H26F4N6O/c1-14(16-8-17(26(28,29)30)10-18(31)9-16)32-23-19-11-36(21-7-5-4-6-20(21)27)24(37)25(12-35(3)13-25)22(19)33-15(2)34-23/h4-10,14H,11-13,31H2,1-3H3,(H,32,33,34)/t14-/m1/s1. The van der Waals surface area contributed by atoms with E-state index in [1.807, 2.05) is 11.9 Å². The average molecular weight is 515 g/mol. The van der Waals surface area contributed by atoms with Gasteiger partial charge in [0.1, 0.15) is 22.9 Å². The lowest BCUT2D eigenvalue weighted by Crippen LogP contribution is -2.68. The van der Waals surface area contributed by atoms with Crippen molar-refractivity contribution in [1.29, 1.82) is 0 Å². The number of aromatic nitrogens is 2. The molecule has 2 aliphatic heterocycles. The minimum atomic E-state index is -4.54. The third-order valence-electron chi connectivity index (χ3n) is 6.92. The smallest absolute Gasteiger partial charge is 0.399 e. The van der Waals surface area contributed by atoms with E-state index in [0.717, 1.165) is 12.1 Å². The lowest BCUT2D eigenvalue weighted by atomic mass is 9.71. The van der Waals surface area contributed by atoms with Gasteiger partial charge in [-0.2, -0.15) is 13.2 Å². The SMILES string of the molecule is Cc1nc(N[C@H](C)c2cc(N)cc(C(F)(F)F)c2)c2c(n1)C1(CN(C)C1)C(=O)N(c1ccccc1F)C2. The van der Waals surface area contributed by atoms with Crippen LogP contribution in [0.2, 0.25) is 0 Å². The largest absolute Gasteiger partial charge is 0.416 e. The molecule has 0 saturated carbocycles. The first-order chi connectivity index (χ1) is 17.4. The predicted octanol–water partition coefficient (Wildman–Crippen LogP) is 4.43. The van der Waals surface area contributed by atoms with Gasteiger partial charge in [-0.1, -0.05) is 12.1 Å². The van der Waals surface area contributed by atoms with E-state index in [9.17, 15) is 22.4 Å². The van der Waals surface area contributed by atoms with Crippen LogP contribution in [-0.4, -0.2) is 40.9 Å². The van der Waals surface area contributed by atoms with Crippen molar-refractivity contribution in [3.8, 4) is 0 Å². The number of anilines is 3. The third-order valence-corrected chi connectivity index (χ3v) is 6.92. The summed E-state index contributed by atoms with van der Waals surface area (Å²) in [5, 5.41) is 3.21. The van der Waals surface area contributed by atoms with Crippen LogP contribution in [0.25, 0.3) is 0 Å². The molecule has 0 radical (unpaired) electrons. The second-order valence-corrected chi connectivity index (χ2v) is 9.80. The number of likely N-dealkylation sites (N-methyl/N-ethyl adjacent to an activating group) is 1. The number of amides is 1. The van der Waals surface area contributed by atoms with Gasteiger partial charge in [0.05, 0.1) is 29.5 Å². The van der Waals surface area contributed by atoms with Crippen LogP contribution >= 0.6 is 0 Å². The number of nitrogens with one attached hydrogen (secondary N) is 1. The van der Waals surface area contributed by atoms with Crippen molar-refractivity contribution < 1.29 is 22.4 Å². The monoisotopic (exact) mass is 514 g/mol. The van der Waals surface area contributed by atoms with Crippen LogP contribution in [-0.2, 0) is 22.9 Å². The molecule has 0 unspecified atom stereocenters. The van der Waals surface area contributed by atoms with Crippen molar-refractivity contribution in [2.75, 3.05) is 36.1 Å². The first-order valence-electron chi connectivity index (χ1n) is 11.8. The Kier molecular flexibility index (Phi) is 5.86. The van der Waals surface area contributed by atoms with Crippen molar-refractivity contribution in [2.45, 2.75) is 38.0 Å². The zero-order valence-corrected chi connectivity index (χ0v) is 20.5. The summed E-state index contributed by atoms with van der Waals surface area (Å²) in [7, 11) is 1.88. The summed E-state index contributed by atoms with van der Waals surface area (Å²) in [4.78, 5) is 26.3. The molecule has 194 valence electrons. The maximum atomic E-state index is 14.8. The Morgan fingerprint density at radius 2 is 1.84 bits per heavy atom. The molecule has 5 rings (SSSR count). The molecule has 0 bridgehead atoms. The molecular weight excluding hydrogens is 488 g/mol. The molecule has 1 fully saturated rings. The number of fused-ring (bicyclic) bond motifs is 2. The van der Waals surface area contributed by atoms with E-state index in [4.69, 9.17) is 5.73 Å². The lowest BCUT2D eigenvalue weighted by molar-refractivity contribution is -0.137. The Morgan fingerprint density at radius 1 is 1.14 bits per heavy atom. The molecule has 3 heterocycles. The van der Waals surface area contributed by atoms with Crippen LogP contribution in [0, 0.1) is 12.7 Å². The highest BCUT2D eigenvalue weighted by molar-refractivity contribution is 6.04. The second kappa shape index (κ2) is 8.69. The zero-order chi connectivity index (χ0) is 26.7. The second-order valence-electron chi connectivity index (χ2n) is 9.80. The van der Waals surface area contributed by atoms with E-state index in [0.29, 0.717) is 41.6 Å². The van der Waals surface area contributed by atoms with Gasteiger partial charge in [-0.15, -0.1) is 0 Å². The predicted molar refractivity (Wildman–Crippen MR) is 131 cm³/mol. The summed E-state index contributed by atoms with van der Waals surface area (Å²) < 4.78 is 54.9. The van der Waals surface area contributed by atoms with Crippen molar-refractivity contribution in [3.63, 3.8) is 0 Å². The number of benzene rings is 2. The molecule has 1 atom stereocenters. The number of para-hydroxylation sites is 1. The number of carbonyl (C=O) groups excluding carboxylic acids is 1. The number of nitrogen functional groups attached to an aromatic ring is 1. The minimum absolute atomic E-state index is 0.00726. The fourth-order valence-electron chi connectivity index (χ4n) is 5.25. The van der Waals surface area contributed by atoms with E-state index in [2.05, 4.69) is 15.3 Å². The summed E-state index contributed by atoms with van der Waals surface area (Å²) in [6.07, 6.45) is -4.54. The molecule has 1 aromatic heterocycles. The van der Waals surface area contributed by atoms with Gasteiger partial charge in [0.2, 0.25) is 5.91 Å². The highest BCUT2D eigenvalue weighted by Gasteiger charge is 2.56. The van der Waals surface area contributed by atoms with Gasteiger partial charge in [0, 0.05) is 24.3 Å². The van der Waals surface area contributed by atoms with Gasteiger partial charge in [-0.05, 0) is 56.8 Å². The molecule has 2 aliphatic rings. The Balaban J connectivity index is 1.59. The van der Waals surface area contributed by atoms with Crippen LogP contribution in [0.4, 0.5) is 34.8 Å². The van der Waals surface area contributed by atoms with E-state index >= 15 is 0 Å². The number of nitrogens with zero attached hydrogens (tertiary/aromatic N) is 4. The number of carbonyl (C=O) groups is 1. The topological polar surface area (TPSA) is 87.4 Å². The maximum Gasteiger partial charge on any atom is 0.416 e. The number of halogens is 4. The summed E-state index contributed by atoms with van der Waals surface area (Å²) >= 11 is 0. The number of likely N-dealkylation sites (tertiary alicyclic amines) is 1. The minimum Gasteiger partial charge on any atom is -0.399 e. The van der Waals surface area contributed by atoms with Crippen molar-refractivity contribution in [3.05, 3.63) is 76.5 Å². The van der Waals surface area contributed by atoms with Gasteiger partial charge in [0.25, 0.3) is 0 Å². The molecule has 1 amide bonds. The van der Waals surface area contributed by atoms with Gasteiger partial charge >= 0.3 is 6.18 Å². The molecule has 1 spiro atoms. The molecule has 3 aromatic rings. The van der Waals surface area contributed by atoms with Crippen LogP contribution in [0.1, 0.15) is 41.2 Å². The molecule has 11 heteroatoms. The number of nitrogens with two attached hydrogens (primary N) is 1. The Hall–Kier alpha value is -3.73. The maximum absolute atomic E-state index is 14.8. The number of hydrogen-bond donors (Lipinski definition) is 2. The lowest BCUT2D eigenvalue weighted by Gasteiger charge is -2.52. The fourth-order valence-corrected chi connectivity index (χ4v) is 5.25. The number of aryl methyl sites for hydroxylation is 1. The molecule has 7 nitrogen and oxygen atoms in total. The quantitative estimate of drug-likeness (QED) is 0.396. The highest BCUT2D eigenvalue weighted by atomic mass is 19.4. The number of rotatable bonds is 4. The van der Waals surface area contributed by atoms with Crippen LogP contribution < -0.4 is 16.0 Å². The molecular formula is C26H26F4N6O. The molecule has 37 heavy (non-hydrogen) atoms. The number of alkyl halides is 3. The van der Waals surface area contributed by atoms with Crippen molar-refractivity contribution in [1.82, 2.24) is 14.9 Å². The van der Waals surface area contributed by atoms with E-state index < -0.39 is 29.0 Å². The van der Waals surface area contributed by atoms with Gasteiger partial charge in [0.15, 0.2) is 0 Å². The summed E-state index contributed by atoms with van der Waals surface area (Å²) in [5.74, 6) is 0.0234. The van der Waals surface area contributed by atoms with Gasteiger partial charge in [-0.3, -0.25) is 4.79 Å². The fraction of sp³-hybridized carbons (Fsp3) is 0.346. The van der Waals surface area contributed by atoms with Gasteiger partial charge < -0.3 is 20.9 Å². The van der Waals surface area contributed by atoms with Crippen molar-refractivity contribution in [2.24, 2.45) is 0 Å². The molecule has 2 aromatic carbocycles. The summed E-state index contributed by atoms with van der Waals surface area (Å²) in [5.41, 5.74) is 5.59.